The molecule has 1 unspecified atom stereocenters. The molecule has 2 aromatic carbocycles. The van der Waals surface area contributed by atoms with E-state index < -0.39 is 11.9 Å². The maximum absolute atomic E-state index is 13.5. The molecule has 0 spiro atoms. The fraction of sp³-hybridized carbons (Fsp3) is 0.167. The van der Waals surface area contributed by atoms with Crippen LogP contribution in [0.2, 0.25) is 5.02 Å². The lowest BCUT2D eigenvalue weighted by molar-refractivity contribution is -0.128. The quantitative estimate of drug-likeness (QED) is 0.221. The number of piperidine rings is 1. The summed E-state index contributed by atoms with van der Waals surface area (Å²) in [5.41, 5.74) is 7.98. The molecule has 0 bridgehead atoms. The minimum Gasteiger partial charge on any atom is -0.364 e. The molecule has 0 saturated carbocycles. The van der Waals surface area contributed by atoms with Gasteiger partial charge in [-0.2, -0.15) is 0 Å². The van der Waals surface area contributed by atoms with Crippen molar-refractivity contribution in [2.24, 2.45) is 5.73 Å². The van der Waals surface area contributed by atoms with Crippen molar-refractivity contribution in [3.8, 4) is 11.3 Å². The number of amides is 3. The number of pyridine rings is 1. The van der Waals surface area contributed by atoms with Crippen molar-refractivity contribution in [2.75, 3.05) is 17.7 Å². The van der Waals surface area contributed by atoms with Crippen LogP contribution in [-0.4, -0.2) is 43.8 Å². The fourth-order valence-electron chi connectivity index (χ4n) is 4.94. The van der Waals surface area contributed by atoms with Gasteiger partial charge in [0.2, 0.25) is 0 Å². The number of hydrogen-bond acceptors (Lipinski definition) is 6. The van der Waals surface area contributed by atoms with Gasteiger partial charge in [0.1, 0.15) is 11.5 Å². The van der Waals surface area contributed by atoms with E-state index in [1.807, 2.05) is 30.3 Å². The fourth-order valence-corrected chi connectivity index (χ4v) is 5.10. The maximum Gasteiger partial charge on any atom is 0.269 e. The van der Waals surface area contributed by atoms with Gasteiger partial charge in [-0.05, 0) is 49.1 Å². The first-order valence-corrected chi connectivity index (χ1v) is 13.4. The summed E-state index contributed by atoms with van der Waals surface area (Å²) in [6.45, 7) is 4.53. The molecule has 5 rings (SSSR count). The van der Waals surface area contributed by atoms with Crippen LogP contribution < -0.4 is 16.9 Å². The highest BCUT2D eigenvalue weighted by atomic mass is 35.5. The molecule has 0 aliphatic carbocycles. The van der Waals surface area contributed by atoms with Gasteiger partial charge < -0.3 is 21.8 Å². The normalized spacial score (nSPS) is 14.9. The van der Waals surface area contributed by atoms with Gasteiger partial charge in [-0.1, -0.05) is 60.6 Å². The predicted octanol–water partition coefficient (Wildman–Crippen LogP) is 4.43. The smallest absolute Gasteiger partial charge is 0.269 e. The van der Waals surface area contributed by atoms with E-state index in [1.165, 1.54) is 16.9 Å². The number of carbonyl (C=O) groups is 3. The highest BCUT2D eigenvalue weighted by Gasteiger charge is 2.35. The summed E-state index contributed by atoms with van der Waals surface area (Å²) in [6.07, 6.45) is 3.77. The maximum atomic E-state index is 13.5. The van der Waals surface area contributed by atoms with Crippen LogP contribution in [0.15, 0.2) is 79.5 Å². The molecule has 2 aromatic heterocycles. The molecule has 4 aromatic rings. The van der Waals surface area contributed by atoms with Crippen molar-refractivity contribution >= 4 is 40.7 Å². The molecule has 1 atom stereocenters. The molecule has 1 aliphatic rings. The van der Waals surface area contributed by atoms with Crippen molar-refractivity contribution in [2.45, 2.75) is 25.3 Å². The van der Waals surface area contributed by atoms with Crippen LogP contribution in [0, 0.1) is 0 Å². The van der Waals surface area contributed by atoms with Crippen molar-refractivity contribution in [3.63, 3.8) is 0 Å². The molecule has 41 heavy (non-hydrogen) atoms. The number of rotatable bonds is 7. The number of nitrogens with one attached hydrogen (secondary N) is 1. The van der Waals surface area contributed by atoms with Crippen molar-refractivity contribution in [1.29, 1.82) is 0 Å². The largest absolute Gasteiger partial charge is 0.364 e. The van der Waals surface area contributed by atoms with Crippen LogP contribution in [-0.2, 0) is 4.79 Å². The molecule has 5 N–H and O–H groups in total. The second kappa shape index (κ2) is 11.6. The molecular weight excluding hydrogens is 542 g/mol. The SMILES string of the molecule is C=C(C(=O)N1CCCCC1c1nc(-c2ccc(C(=O)Nc3cc(Cl)ccn3)cc2)c(C(N)=O)n1N)c1ccccc1. The molecular formula is C30H28ClN7O3. The van der Waals surface area contributed by atoms with E-state index in [-0.39, 0.29) is 23.2 Å². The van der Waals surface area contributed by atoms with Gasteiger partial charge in [0.15, 0.2) is 11.5 Å². The van der Waals surface area contributed by atoms with E-state index in [0.717, 1.165) is 18.4 Å². The number of anilines is 1. The number of primary amides is 1. The van der Waals surface area contributed by atoms with Crippen LogP contribution in [0.1, 0.15) is 57.5 Å². The monoisotopic (exact) mass is 569 g/mol. The van der Waals surface area contributed by atoms with Crippen LogP contribution in [0.4, 0.5) is 5.82 Å². The van der Waals surface area contributed by atoms with E-state index in [1.54, 1.807) is 35.2 Å². The summed E-state index contributed by atoms with van der Waals surface area (Å²) in [5, 5.41) is 3.13. The third-order valence-corrected chi connectivity index (χ3v) is 7.23. The van der Waals surface area contributed by atoms with Gasteiger partial charge >= 0.3 is 0 Å². The molecule has 0 radical (unpaired) electrons. The topological polar surface area (TPSA) is 149 Å². The first-order valence-electron chi connectivity index (χ1n) is 13.0. The third kappa shape index (κ3) is 5.68. The number of carbonyl (C=O) groups excluding carboxylic acids is 3. The number of nitrogens with zero attached hydrogens (tertiary/aromatic N) is 4. The van der Waals surface area contributed by atoms with Crippen molar-refractivity contribution < 1.29 is 14.4 Å². The molecule has 1 fully saturated rings. The summed E-state index contributed by atoms with van der Waals surface area (Å²) in [6, 6.07) is 18.4. The van der Waals surface area contributed by atoms with E-state index in [2.05, 4.69) is 16.9 Å². The zero-order valence-corrected chi connectivity index (χ0v) is 22.8. The van der Waals surface area contributed by atoms with E-state index in [4.69, 9.17) is 28.2 Å². The summed E-state index contributed by atoms with van der Waals surface area (Å²) in [7, 11) is 0. The number of halogens is 1. The standard InChI is InChI=1S/C30H28ClN7O3/c1-18(19-7-3-2-4-8-19)30(41)37-16-6-5-9-23(37)28-36-25(26(27(32)39)38(28)33)20-10-12-21(13-11-20)29(40)35-24-17-22(31)14-15-34-24/h2-4,7-8,10-15,17,23H,1,5-6,9,16,33H2,(H2,32,39)(H,34,35,40). The number of imidazole rings is 1. The van der Waals surface area contributed by atoms with E-state index in [9.17, 15) is 14.4 Å². The molecule has 11 heteroatoms. The Bertz CT molecular complexity index is 1630. The Hall–Kier alpha value is -4.96. The summed E-state index contributed by atoms with van der Waals surface area (Å²) in [5.74, 6) is 5.69. The lowest BCUT2D eigenvalue weighted by atomic mass is 9.98. The number of nitrogen functional groups attached to an aromatic ring is 1. The minimum atomic E-state index is -0.766. The third-order valence-electron chi connectivity index (χ3n) is 7.00. The Morgan fingerprint density at radius 3 is 2.41 bits per heavy atom. The minimum absolute atomic E-state index is 0.000173. The Balaban J connectivity index is 1.44. The summed E-state index contributed by atoms with van der Waals surface area (Å²) >= 11 is 5.97. The number of nitrogens with two attached hydrogens (primary N) is 2. The first-order chi connectivity index (χ1) is 19.7. The Kier molecular flexibility index (Phi) is 7.84. The molecule has 1 aliphatic heterocycles. The van der Waals surface area contributed by atoms with E-state index in [0.29, 0.717) is 46.3 Å². The molecule has 3 amide bonds. The second-order valence-corrected chi connectivity index (χ2v) is 10.1. The summed E-state index contributed by atoms with van der Waals surface area (Å²) in [4.78, 5) is 49.3. The number of benzene rings is 2. The van der Waals surface area contributed by atoms with Gasteiger partial charge in [0.25, 0.3) is 17.7 Å². The average molecular weight is 570 g/mol. The lowest BCUT2D eigenvalue weighted by Crippen LogP contribution is -2.41. The van der Waals surface area contributed by atoms with Crippen molar-refractivity contribution in [3.05, 3.63) is 107 Å². The zero-order chi connectivity index (χ0) is 29.1. The van der Waals surface area contributed by atoms with Gasteiger partial charge in [0.05, 0.1) is 6.04 Å². The highest BCUT2D eigenvalue weighted by molar-refractivity contribution is 6.30. The second-order valence-electron chi connectivity index (χ2n) is 9.65. The predicted molar refractivity (Wildman–Crippen MR) is 157 cm³/mol. The average Bonchev–Trinajstić information content (AvgIpc) is 3.34. The number of hydrogen-bond donors (Lipinski definition) is 3. The van der Waals surface area contributed by atoms with E-state index >= 15 is 0 Å². The van der Waals surface area contributed by atoms with Crippen molar-refractivity contribution in [1.82, 2.24) is 19.5 Å². The number of aromatic nitrogens is 3. The van der Waals surface area contributed by atoms with Gasteiger partial charge in [-0.25, -0.2) is 14.6 Å². The Labute approximate surface area is 241 Å². The molecule has 208 valence electrons. The molecule has 3 heterocycles. The highest BCUT2D eigenvalue weighted by Crippen LogP contribution is 2.35. The zero-order valence-electron chi connectivity index (χ0n) is 22.1. The van der Waals surface area contributed by atoms with Crippen LogP contribution in [0.3, 0.4) is 0 Å². The molecule has 1 saturated heterocycles. The van der Waals surface area contributed by atoms with Crippen LogP contribution in [0.25, 0.3) is 16.8 Å². The first kappa shape index (κ1) is 27.6. The lowest BCUT2D eigenvalue weighted by Gasteiger charge is -2.35. The Morgan fingerprint density at radius 1 is 1.00 bits per heavy atom. The van der Waals surface area contributed by atoms with Crippen LogP contribution in [0.5, 0.6) is 0 Å². The summed E-state index contributed by atoms with van der Waals surface area (Å²) < 4.78 is 1.17. The van der Waals surface area contributed by atoms with Gasteiger partial charge in [-0.15, -0.1) is 0 Å². The Morgan fingerprint density at radius 2 is 1.73 bits per heavy atom. The van der Waals surface area contributed by atoms with Gasteiger partial charge in [0, 0.05) is 34.5 Å². The van der Waals surface area contributed by atoms with Gasteiger partial charge in [-0.3, -0.25) is 14.4 Å². The molecule has 10 nitrogen and oxygen atoms in total. The van der Waals surface area contributed by atoms with Crippen LogP contribution >= 0.6 is 11.6 Å². The number of likely N-dealkylation sites (tertiary alicyclic amines) is 1.